The molecule has 0 amide bonds. The summed E-state index contributed by atoms with van der Waals surface area (Å²) in [7, 11) is 2.06. The summed E-state index contributed by atoms with van der Waals surface area (Å²) in [6, 6.07) is 7.82. The first-order valence-electron chi connectivity index (χ1n) is 8.64. The molecule has 1 N–H and O–H groups in total. The Kier molecular flexibility index (Phi) is 5.16. The van der Waals surface area contributed by atoms with Crippen LogP contribution in [0.4, 0.5) is 0 Å². The Bertz CT molecular complexity index is 875. The van der Waals surface area contributed by atoms with Crippen LogP contribution in [0.3, 0.4) is 0 Å². The van der Waals surface area contributed by atoms with Gasteiger partial charge in [0.15, 0.2) is 5.82 Å². The van der Waals surface area contributed by atoms with Gasteiger partial charge < -0.3 is 0 Å². The second-order valence-corrected chi connectivity index (χ2v) is 8.01. The van der Waals surface area contributed by atoms with E-state index < -0.39 is 0 Å². The third-order valence-electron chi connectivity index (χ3n) is 4.26. The molecular formula is C19H25ClN6. The van der Waals surface area contributed by atoms with Crippen LogP contribution in [0.15, 0.2) is 30.5 Å². The third-order valence-corrected chi connectivity index (χ3v) is 4.64. The standard InChI is InChI=1S/C19H25ClN6/c1-13-15(18(20)26(24-13)17-8-6-7-9-21-17)12-25(5)11-14-10-16(23-22-14)19(2,3)4/h6-10H,11-12H2,1-5H3,(H,22,23). The molecule has 0 aliphatic rings. The lowest BCUT2D eigenvalue weighted by molar-refractivity contribution is 0.314. The SMILES string of the molecule is Cc1nn(-c2ccccn2)c(Cl)c1CN(C)Cc1cc(C(C)(C)C)n[nH]1. The molecule has 0 bridgehead atoms. The minimum Gasteiger partial charge on any atom is -0.296 e. The van der Waals surface area contributed by atoms with Crippen molar-refractivity contribution in [2.24, 2.45) is 0 Å². The van der Waals surface area contributed by atoms with Gasteiger partial charge in [0.2, 0.25) is 0 Å². The van der Waals surface area contributed by atoms with E-state index in [2.05, 4.69) is 59.1 Å². The van der Waals surface area contributed by atoms with Crippen LogP contribution in [0.5, 0.6) is 0 Å². The van der Waals surface area contributed by atoms with E-state index in [4.69, 9.17) is 11.6 Å². The van der Waals surface area contributed by atoms with Gasteiger partial charge in [0.05, 0.1) is 11.4 Å². The third kappa shape index (κ3) is 3.97. The number of pyridine rings is 1. The average Bonchev–Trinajstić information content (AvgIpc) is 3.15. The van der Waals surface area contributed by atoms with Gasteiger partial charge in [-0.2, -0.15) is 10.2 Å². The van der Waals surface area contributed by atoms with Crippen LogP contribution in [-0.2, 0) is 18.5 Å². The molecule has 3 rings (SSSR count). The number of aromatic amines is 1. The van der Waals surface area contributed by atoms with Gasteiger partial charge in [-0.3, -0.25) is 10.00 Å². The van der Waals surface area contributed by atoms with Crippen LogP contribution in [0.2, 0.25) is 5.15 Å². The first-order chi connectivity index (χ1) is 12.3. The summed E-state index contributed by atoms with van der Waals surface area (Å²) in [6.45, 7) is 9.90. The number of hydrogen-bond donors (Lipinski definition) is 1. The fraction of sp³-hybridized carbons (Fsp3) is 0.421. The van der Waals surface area contributed by atoms with E-state index in [1.165, 1.54) is 0 Å². The number of aryl methyl sites for hydroxylation is 1. The van der Waals surface area contributed by atoms with Crippen LogP contribution in [-0.4, -0.2) is 36.9 Å². The molecule has 3 heterocycles. The molecule has 26 heavy (non-hydrogen) atoms. The van der Waals surface area contributed by atoms with Gasteiger partial charge in [-0.1, -0.05) is 38.4 Å². The molecule has 138 valence electrons. The molecule has 0 atom stereocenters. The van der Waals surface area contributed by atoms with E-state index in [0.717, 1.165) is 35.0 Å². The highest BCUT2D eigenvalue weighted by Crippen LogP contribution is 2.25. The number of halogens is 1. The van der Waals surface area contributed by atoms with Crippen molar-refractivity contribution in [3.8, 4) is 5.82 Å². The Morgan fingerprint density at radius 2 is 2.00 bits per heavy atom. The van der Waals surface area contributed by atoms with Gasteiger partial charge in [-0.15, -0.1) is 0 Å². The summed E-state index contributed by atoms with van der Waals surface area (Å²) in [5.74, 6) is 0.720. The summed E-state index contributed by atoms with van der Waals surface area (Å²) in [6.07, 6.45) is 1.74. The van der Waals surface area contributed by atoms with Crippen molar-refractivity contribution in [2.45, 2.75) is 46.2 Å². The maximum Gasteiger partial charge on any atom is 0.155 e. The van der Waals surface area contributed by atoms with Crippen LogP contribution in [0.25, 0.3) is 5.82 Å². The summed E-state index contributed by atoms with van der Waals surface area (Å²) in [5, 5.41) is 12.7. The Morgan fingerprint density at radius 3 is 2.62 bits per heavy atom. The Hall–Kier alpha value is -2.18. The maximum atomic E-state index is 6.59. The highest BCUT2D eigenvalue weighted by atomic mass is 35.5. The van der Waals surface area contributed by atoms with E-state index in [1.54, 1.807) is 10.9 Å². The number of H-pyrrole nitrogens is 1. The number of hydrogen-bond acceptors (Lipinski definition) is 4. The molecule has 0 aliphatic heterocycles. The zero-order chi connectivity index (χ0) is 18.9. The van der Waals surface area contributed by atoms with Crippen LogP contribution < -0.4 is 0 Å². The van der Waals surface area contributed by atoms with Gasteiger partial charge in [0.1, 0.15) is 5.15 Å². The highest BCUT2D eigenvalue weighted by molar-refractivity contribution is 6.30. The van der Waals surface area contributed by atoms with Crippen LogP contribution in [0.1, 0.15) is 43.4 Å². The Morgan fingerprint density at radius 1 is 1.23 bits per heavy atom. The molecule has 0 fully saturated rings. The van der Waals surface area contributed by atoms with Crippen molar-refractivity contribution in [3.05, 3.63) is 58.3 Å². The largest absolute Gasteiger partial charge is 0.296 e. The molecule has 7 heteroatoms. The summed E-state index contributed by atoms with van der Waals surface area (Å²) < 4.78 is 1.69. The quantitative estimate of drug-likeness (QED) is 0.738. The monoisotopic (exact) mass is 372 g/mol. The number of nitrogens with zero attached hydrogens (tertiary/aromatic N) is 5. The summed E-state index contributed by atoms with van der Waals surface area (Å²) in [4.78, 5) is 6.52. The Labute approximate surface area is 159 Å². The van der Waals surface area contributed by atoms with Crippen molar-refractivity contribution in [1.29, 1.82) is 0 Å². The van der Waals surface area contributed by atoms with Crippen molar-refractivity contribution < 1.29 is 0 Å². The zero-order valence-electron chi connectivity index (χ0n) is 15.9. The topological polar surface area (TPSA) is 62.6 Å². The van der Waals surface area contributed by atoms with Gasteiger partial charge in [0.25, 0.3) is 0 Å². The molecule has 0 spiro atoms. The smallest absolute Gasteiger partial charge is 0.155 e. The molecule has 0 unspecified atom stereocenters. The fourth-order valence-corrected chi connectivity index (χ4v) is 3.11. The van der Waals surface area contributed by atoms with Crippen LogP contribution in [0, 0.1) is 6.92 Å². The fourth-order valence-electron chi connectivity index (χ4n) is 2.79. The van der Waals surface area contributed by atoms with Crippen molar-refractivity contribution >= 4 is 11.6 Å². The molecule has 6 nitrogen and oxygen atoms in total. The summed E-state index contributed by atoms with van der Waals surface area (Å²) >= 11 is 6.59. The molecule has 0 aromatic carbocycles. The second-order valence-electron chi connectivity index (χ2n) is 7.66. The number of nitrogens with one attached hydrogen (secondary N) is 1. The second kappa shape index (κ2) is 7.21. The van der Waals surface area contributed by atoms with Crippen molar-refractivity contribution in [1.82, 2.24) is 29.9 Å². The average molecular weight is 373 g/mol. The van der Waals surface area contributed by atoms with Gasteiger partial charge in [-0.05, 0) is 32.2 Å². The normalized spacial score (nSPS) is 12.1. The predicted molar refractivity (Wildman–Crippen MR) is 104 cm³/mol. The summed E-state index contributed by atoms with van der Waals surface area (Å²) in [5.41, 5.74) is 4.11. The molecule has 0 saturated carbocycles. The minimum atomic E-state index is 0.0387. The maximum absolute atomic E-state index is 6.59. The molecular weight excluding hydrogens is 348 g/mol. The Balaban J connectivity index is 1.75. The molecule has 3 aromatic heterocycles. The first kappa shape index (κ1) is 18.6. The lowest BCUT2D eigenvalue weighted by Crippen LogP contribution is -2.18. The zero-order valence-corrected chi connectivity index (χ0v) is 16.7. The van der Waals surface area contributed by atoms with Crippen LogP contribution >= 0.6 is 11.6 Å². The number of aromatic nitrogens is 5. The van der Waals surface area contributed by atoms with Gasteiger partial charge in [0, 0.05) is 36.0 Å². The van der Waals surface area contributed by atoms with E-state index in [9.17, 15) is 0 Å². The molecule has 0 radical (unpaired) electrons. The van der Waals surface area contributed by atoms with E-state index in [-0.39, 0.29) is 5.41 Å². The minimum absolute atomic E-state index is 0.0387. The lowest BCUT2D eigenvalue weighted by Gasteiger charge is -2.16. The molecule has 0 aliphatic carbocycles. The van der Waals surface area contributed by atoms with Gasteiger partial charge in [-0.25, -0.2) is 9.67 Å². The first-order valence-corrected chi connectivity index (χ1v) is 9.02. The molecule has 3 aromatic rings. The van der Waals surface area contributed by atoms with Crippen molar-refractivity contribution in [3.63, 3.8) is 0 Å². The van der Waals surface area contributed by atoms with Crippen molar-refractivity contribution in [2.75, 3.05) is 7.05 Å². The van der Waals surface area contributed by atoms with E-state index in [1.807, 2.05) is 25.1 Å². The number of rotatable bonds is 5. The van der Waals surface area contributed by atoms with E-state index >= 15 is 0 Å². The lowest BCUT2D eigenvalue weighted by atomic mass is 9.92. The highest BCUT2D eigenvalue weighted by Gasteiger charge is 2.19. The molecule has 0 saturated heterocycles. The van der Waals surface area contributed by atoms with Gasteiger partial charge >= 0.3 is 0 Å². The van der Waals surface area contributed by atoms with E-state index in [0.29, 0.717) is 11.7 Å². The predicted octanol–water partition coefficient (Wildman–Crippen LogP) is 3.88.